The molecule has 15 heavy (non-hydrogen) atoms. The van der Waals surface area contributed by atoms with Crippen molar-refractivity contribution < 1.29 is 0 Å². The second-order valence-electron chi connectivity index (χ2n) is 5.18. The fourth-order valence-corrected chi connectivity index (χ4v) is 3.87. The summed E-state index contributed by atoms with van der Waals surface area (Å²) >= 11 is 2.14. The molecule has 0 amide bonds. The van der Waals surface area contributed by atoms with Crippen LogP contribution in [-0.4, -0.2) is 41.1 Å². The van der Waals surface area contributed by atoms with E-state index in [1.807, 2.05) is 0 Å². The van der Waals surface area contributed by atoms with E-state index in [1.165, 1.54) is 38.1 Å². The molecule has 1 aliphatic carbocycles. The first-order valence-corrected chi connectivity index (χ1v) is 7.32. The molecule has 2 N–H and O–H groups in total. The van der Waals surface area contributed by atoms with Gasteiger partial charge in [0.25, 0.3) is 0 Å². The highest BCUT2D eigenvalue weighted by molar-refractivity contribution is 8.00. The average molecular weight is 228 g/mol. The molecule has 2 rings (SSSR count). The Bertz CT molecular complexity index is 218. The Hall–Kier alpha value is 0.270. The van der Waals surface area contributed by atoms with E-state index in [0.29, 0.717) is 5.54 Å². The van der Waals surface area contributed by atoms with Crippen LogP contribution >= 0.6 is 11.8 Å². The highest BCUT2D eigenvalue weighted by Gasteiger charge is 2.45. The molecule has 0 radical (unpaired) electrons. The SMILES string of the molecule is CCC1CN(C(C)(CN)C2CC2)CCS1. The van der Waals surface area contributed by atoms with Crippen molar-refractivity contribution in [2.75, 3.05) is 25.4 Å². The highest BCUT2D eigenvalue weighted by atomic mass is 32.2. The monoisotopic (exact) mass is 228 g/mol. The topological polar surface area (TPSA) is 29.3 Å². The molecule has 1 aliphatic heterocycles. The summed E-state index contributed by atoms with van der Waals surface area (Å²) in [6.45, 7) is 8.01. The van der Waals surface area contributed by atoms with Crippen molar-refractivity contribution in [1.82, 2.24) is 4.90 Å². The van der Waals surface area contributed by atoms with E-state index in [-0.39, 0.29) is 0 Å². The van der Waals surface area contributed by atoms with Crippen LogP contribution in [0, 0.1) is 5.92 Å². The highest BCUT2D eigenvalue weighted by Crippen LogP contribution is 2.43. The predicted molar refractivity (Wildman–Crippen MR) is 68.3 cm³/mol. The summed E-state index contributed by atoms with van der Waals surface area (Å²) in [5.74, 6) is 2.17. The van der Waals surface area contributed by atoms with Crippen LogP contribution in [-0.2, 0) is 0 Å². The maximum Gasteiger partial charge on any atom is 0.0332 e. The van der Waals surface area contributed by atoms with Crippen LogP contribution in [0.2, 0.25) is 0 Å². The van der Waals surface area contributed by atoms with Crippen molar-refractivity contribution in [3.8, 4) is 0 Å². The second-order valence-corrected chi connectivity index (χ2v) is 6.59. The molecule has 1 heterocycles. The first-order chi connectivity index (χ1) is 7.20. The van der Waals surface area contributed by atoms with Gasteiger partial charge in [0.15, 0.2) is 0 Å². The van der Waals surface area contributed by atoms with Gasteiger partial charge < -0.3 is 5.73 Å². The van der Waals surface area contributed by atoms with Gasteiger partial charge in [-0.05, 0) is 32.1 Å². The fourth-order valence-electron chi connectivity index (χ4n) is 2.69. The van der Waals surface area contributed by atoms with Gasteiger partial charge in [-0.25, -0.2) is 0 Å². The molecule has 1 saturated heterocycles. The molecular weight excluding hydrogens is 204 g/mol. The Morgan fingerprint density at radius 1 is 1.47 bits per heavy atom. The summed E-state index contributed by atoms with van der Waals surface area (Å²) in [6, 6.07) is 0. The van der Waals surface area contributed by atoms with Gasteiger partial charge in [-0.1, -0.05) is 6.92 Å². The standard InChI is InChI=1S/C12H24N2S/c1-3-11-8-14(6-7-15-11)12(2,9-13)10-4-5-10/h10-11H,3-9,13H2,1-2H3. The summed E-state index contributed by atoms with van der Waals surface area (Å²) in [7, 11) is 0. The van der Waals surface area contributed by atoms with Crippen LogP contribution in [0.15, 0.2) is 0 Å². The molecule has 2 atom stereocenters. The Kier molecular flexibility index (Phi) is 3.63. The third-order valence-corrected chi connectivity index (χ3v) is 5.56. The number of nitrogens with two attached hydrogens (primary N) is 1. The lowest BCUT2D eigenvalue weighted by molar-refractivity contribution is 0.0926. The molecule has 0 aromatic rings. The zero-order chi connectivity index (χ0) is 10.9. The fraction of sp³-hybridized carbons (Fsp3) is 1.00. The van der Waals surface area contributed by atoms with Gasteiger partial charge in [0.2, 0.25) is 0 Å². The van der Waals surface area contributed by atoms with Crippen LogP contribution in [0.3, 0.4) is 0 Å². The van der Waals surface area contributed by atoms with Gasteiger partial charge in [0, 0.05) is 36.2 Å². The van der Waals surface area contributed by atoms with Crippen LogP contribution in [0.4, 0.5) is 0 Å². The molecule has 0 aromatic heterocycles. The van der Waals surface area contributed by atoms with E-state index in [0.717, 1.165) is 17.7 Å². The molecule has 2 unspecified atom stereocenters. The third-order valence-electron chi connectivity index (χ3n) is 4.19. The number of hydrogen-bond donors (Lipinski definition) is 1. The van der Waals surface area contributed by atoms with Crippen molar-refractivity contribution in [1.29, 1.82) is 0 Å². The first kappa shape index (κ1) is 11.7. The summed E-state index contributed by atoms with van der Waals surface area (Å²) < 4.78 is 0. The van der Waals surface area contributed by atoms with Crippen molar-refractivity contribution in [2.24, 2.45) is 11.7 Å². The Balaban J connectivity index is 2.00. The minimum absolute atomic E-state index is 0.300. The average Bonchev–Trinajstić information content (AvgIpc) is 3.12. The van der Waals surface area contributed by atoms with E-state index in [2.05, 4.69) is 30.5 Å². The molecule has 2 nitrogen and oxygen atoms in total. The third kappa shape index (κ3) is 2.34. The van der Waals surface area contributed by atoms with Gasteiger partial charge in [0.1, 0.15) is 0 Å². The van der Waals surface area contributed by atoms with Crippen LogP contribution < -0.4 is 5.73 Å². The van der Waals surface area contributed by atoms with Gasteiger partial charge >= 0.3 is 0 Å². The molecule has 0 aromatic carbocycles. The van der Waals surface area contributed by atoms with E-state index in [9.17, 15) is 0 Å². The van der Waals surface area contributed by atoms with Gasteiger partial charge in [-0.2, -0.15) is 11.8 Å². The Morgan fingerprint density at radius 3 is 2.73 bits per heavy atom. The smallest absolute Gasteiger partial charge is 0.0332 e. The summed E-state index contributed by atoms with van der Waals surface area (Å²) in [4.78, 5) is 2.68. The summed E-state index contributed by atoms with van der Waals surface area (Å²) in [6.07, 6.45) is 4.09. The quantitative estimate of drug-likeness (QED) is 0.797. The maximum absolute atomic E-state index is 6.02. The zero-order valence-corrected chi connectivity index (χ0v) is 10.9. The lowest BCUT2D eigenvalue weighted by Gasteiger charge is -2.45. The molecular formula is C12H24N2S. The molecule has 0 spiro atoms. The minimum Gasteiger partial charge on any atom is -0.329 e. The normalized spacial score (nSPS) is 32.6. The van der Waals surface area contributed by atoms with Gasteiger partial charge in [-0.15, -0.1) is 0 Å². The lowest BCUT2D eigenvalue weighted by Crippen LogP contribution is -2.57. The number of nitrogens with zero attached hydrogens (tertiary/aromatic N) is 1. The summed E-state index contributed by atoms with van der Waals surface area (Å²) in [5.41, 5.74) is 6.32. The lowest BCUT2D eigenvalue weighted by atomic mass is 9.93. The largest absolute Gasteiger partial charge is 0.329 e. The van der Waals surface area contributed by atoms with E-state index in [1.54, 1.807) is 0 Å². The molecule has 2 aliphatic rings. The van der Waals surface area contributed by atoms with Crippen molar-refractivity contribution in [3.63, 3.8) is 0 Å². The van der Waals surface area contributed by atoms with Crippen molar-refractivity contribution >= 4 is 11.8 Å². The minimum atomic E-state index is 0.300. The van der Waals surface area contributed by atoms with E-state index in [4.69, 9.17) is 5.73 Å². The van der Waals surface area contributed by atoms with Crippen LogP contribution in [0.5, 0.6) is 0 Å². The number of rotatable bonds is 4. The molecule has 3 heteroatoms. The first-order valence-electron chi connectivity index (χ1n) is 6.27. The summed E-state index contributed by atoms with van der Waals surface area (Å²) in [5, 5.41) is 0.836. The predicted octanol–water partition coefficient (Wildman–Crippen LogP) is 1.94. The molecule has 88 valence electrons. The zero-order valence-electron chi connectivity index (χ0n) is 10.0. The van der Waals surface area contributed by atoms with E-state index >= 15 is 0 Å². The number of thioether (sulfide) groups is 1. The molecule has 1 saturated carbocycles. The molecule has 0 bridgehead atoms. The molecule has 2 fully saturated rings. The maximum atomic E-state index is 6.02. The van der Waals surface area contributed by atoms with E-state index < -0.39 is 0 Å². The second kappa shape index (κ2) is 4.64. The van der Waals surface area contributed by atoms with Crippen LogP contribution in [0.1, 0.15) is 33.1 Å². The Morgan fingerprint density at radius 2 is 2.20 bits per heavy atom. The number of hydrogen-bond acceptors (Lipinski definition) is 3. The van der Waals surface area contributed by atoms with Crippen LogP contribution in [0.25, 0.3) is 0 Å². The van der Waals surface area contributed by atoms with Gasteiger partial charge in [-0.3, -0.25) is 4.90 Å². The Labute approximate surface area is 98.0 Å². The van der Waals surface area contributed by atoms with Crippen molar-refractivity contribution in [3.05, 3.63) is 0 Å². The van der Waals surface area contributed by atoms with Crippen molar-refractivity contribution in [2.45, 2.75) is 43.9 Å². The van der Waals surface area contributed by atoms with Gasteiger partial charge in [0.05, 0.1) is 0 Å².